The molecule has 0 bridgehead atoms. The molecule has 0 aromatic carbocycles. The standard InChI is InChI=1S/C10H18N6O/c1-11-6-9-4-2-3-5-16(9)10(17)7-15-8-12-13-14-15/h8-9,11H,2-7H2,1H3. The number of amides is 1. The number of hydrogen-bond acceptors (Lipinski definition) is 5. The smallest absolute Gasteiger partial charge is 0.244 e. The third-order valence-corrected chi connectivity index (χ3v) is 3.08. The SMILES string of the molecule is CNCC1CCCCN1C(=O)Cn1cnnn1. The van der Waals surface area contributed by atoms with Crippen molar-refractivity contribution in [2.75, 3.05) is 20.1 Å². The fourth-order valence-corrected chi connectivity index (χ4v) is 2.26. The highest BCUT2D eigenvalue weighted by Gasteiger charge is 2.26. The van der Waals surface area contributed by atoms with Gasteiger partial charge in [-0.15, -0.1) is 5.10 Å². The second-order valence-corrected chi connectivity index (χ2v) is 4.30. The third kappa shape index (κ3) is 3.00. The number of carbonyl (C=O) groups is 1. The fraction of sp³-hybridized carbons (Fsp3) is 0.800. The lowest BCUT2D eigenvalue weighted by molar-refractivity contribution is -0.135. The first-order chi connectivity index (χ1) is 8.31. The molecule has 1 N–H and O–H groups in total. The maximum atomic E-state index is 12.1. The van der Waals surface area contributed by atoms with E-state index in [0.717, 1.165) is 25.9 Å². The van der Waals surface area contributed by atoms with Crippen molar-refractivity contribution in [3.8, 4) is 0 Å². The molecule has 1 saturated heterocycles. The topological polar surface area (TPSA) is 75.9 Å². The summed E-state index contributed by atoms with van der Waals surface area (Å²) in [5.74, 6) is 0.0947. The van der Waals surface area contributed by atoms with Gasteiger partial charge in [-0.3, -0.25) is 4.79 Å². The highest BCUT2D eigenvalue weighted by atomic mass is 16.2. The summed E-state index contributed by atoms with van der Waals surface area (Å²) in [5.41, 5.74) is 0. The van der Waals surface area contributed by atoms with Crippen LogP contribution in [0, 0.1) is 0 Å². The average Bonchev–Trinajstić information content (AvgIpc) is 2.83. The number of rotatable bonds is 4. The van der Waals surface area contributed by atoms with Crippen LogP contribution in [-0.2, 0) is 11.3 Å². The Labute approximate surface area is 100 Å². The summed E-state index contributed by atoms with van der Waals surface area (Å²) in [6.45, 7) is 1.92. The number of tetrazole rings is 1. The first-order valence-electron chi connectivity index (χ1n) is 5.96. The van der Waals surface area contributed by atoms with Crippen molar-refractivity contribution in [1.82, 2.24) is 30.4 Å². The largest absolute Gasteiger partial charge is 0.337 e. The summed E-state index contributed by atoms with van der Waals surface area (Å²) in [6, 6.07) is 0.303. The number of likely N-dealkylation sites (N-methyl/N-ethyl adjacent to an activating group) is 1. The Morgan fingerprint density at radius 1 is 1.53 bits per heavy atom. The molecule has 1 aromatic rings. The van der Waals surface area contributed by atoms with Crippen LogP contribution in [0.3, 0.4) is 0 Å². The zero-order valence-electron chi connectivity index (χ0n) is 10.0. The predicted octanol–water partition coefficient (Wildman–Crippen LogP) is -0.726. The van der Waals surface area contributed by atoms with Crippen LogP contribution in [0.5, 0.6) is 0 Å². The molecule has 2 heterocycles. The number of piperidine rings is 1. The van der Waals surface area contributed by atoms with Crippen molar-refractivity contribution in [1.29, 1.82) is 0 Å². The minimum atomic E-state index is 0.0947. The van der Waals surface area contributed by atoms with E-state index in [-0.39, 0.29) is 12.5 Å². The van der Waals surface area contributed by atoms with Gasteiger partial charge in [-0.1, -0.05) is 0 Å². The van der Waals surface area contributed by atoms with E-state index in [1.165, 1.54) is 17.4 Å². The maximum Gasteiger partial charge on any atom is 0.244 e. The van der Waals surface area contributed by atoms with Gasteiger partial charge in [-0.25, -0.2) is 4.68 Å². The molecule has 1 aromatic heterocycles. The van der Waals surface area contributed by atoms with Crippen molar-refractivity contribution in [2.24, 2.45) is 0 Å². The average molecular weight is 238 g/mol. The Kier molecular flexibility index (Phi) is 4.03. The van der Waals surface area contributed by atoms with E-state index in [1.54, 1.807) is 0 Å². The molecule has 1 fully saturated rings. The molecule has 0 radical (unpaired) electrons. The van der Waals surface area contributed by atoms with Gasteiger partial charge in [0.05, 0.1) is 0 Å². The summed E-state index contributed by atoms with van der Waals surface area (Å²) in [5, 5.41) is 13.9. The second kappa shape index (κ2) is 5.72. The van der Waals surface area contributed by atoms with Gasteiger partial charge in [0.25, 0.3) is 0 Å². The normalized spacial score (nSPS) is 20.5. The summed E-state index contributed by atoms with van der Waals surface area (Å²) >= 11 is 0. The minimum Gasteiger partial charge on any atom is -0.337 e. The highest BCUT2D eigenvalue weighted by Crippen LogP contribution is 2.16. The van der Waals surface area contributed by atoms with Crippen LogP contribution in [-0.4, -0.2) is 57.2 Å². The lowest BCUT2D eigenvalue weighted by atomic mass is 10.0. The van der Waals surface area contributed by atoms with Crippen molar-refractivity contribution in [2.45, 2.75) is 31.8 Å². The van der Waals surface area contributed by atoms with E-state index in [9.17, 15) is 4.79 Å². The van der Waals surface area contributed by atoms with Crippen LogP contribution in [0.2, 0.25) is 0 Å². The van der Waals surface area contributed by atoms with Gasteiger partial charge in [0, 0.05) is 19.1 Å². The Hall–Kier alpha value is -1.50. The second-order valence-electron chi connectivity index (χ2n) is 4.30. The Balaban J connectivity index is 1.96. The summed E-state index contributed by atoms with van der Waals surface area (Å²) < 4.78 is 1.47. The van der Waals surface area contributed by atoms with Gasteiger partial charge in [-0.2, -0.15) is 0 Å². The number of carbonyl (C=O) groups excluding carboxylic acids is 1. The van der Waals surface area contributed by atoms with Gasteiger partial charge in [-0.05, 0) is 36.7 Å². The van der Waals surface area contributed by atoms with E-state index in [2.05, 4.69) is 20.8 Å². The third-order valence-electron chi connectivity index (χ3n) is 3.08. The molecular weight excluding hydrogens is 220 g/mol. The Morgan fingerprint density at radius 3 is 3.12 bits per heavy atom. The van der Waals surface area contributed by atoms with E-state index in [4.69, 9.17) is 0 Å². The highest BCUT2D eigenvalue weighted by molar-refractivity contribution is 5.76. The molecular formula is C10H18N6O. The molecule has 1 unspecified atom stereocenters. The van der Waals surface area contributed by atoms with Crippen LogP contribution in [0.25, 0.3) is 0 Å². The van der Waals surface area contributed by atoms with Crippen molar-refractivity contribution in [3.63, 3.8) is 0 Å². The van der Waals surface area contributed by atoms with E-state index >= 15 is 0 Å². The van der Waals surface area contributed by atoms with Gasteiger partial charge < -0.3 is 10.2 Å². The summed E-state index contributed by atoms with van der Waals surface area (Å²) in [6.07, 6.45) is 4.82. The quantitative estimate of drug-likeness (QED) is 0.748. The van der Waals surface area contributed by atoms with Crippen molar-refractivity contribution in [3.05, 3.63) is 6.33 Å². The molecule has 7 nitrogen and oxygen atoms in total. The lowest BCUT2D eigenvalue weighted by Gasteiger charge is -2.35. The van der Waals surface area contributed by atoms with Crippen LogP contribution < -0.4 is 5.32 Å². The zero-order chi connectivity index (χ0) is 12.1. The Morgan fingerprint density at radius 2 is 2.41 bits per heavy atom. The monoisotopic (exact) mass is 238 g/mol. The first kappa shape index (κ1) is 12.0. The van der Waals surface area contributed by atoms with Gasteiger partial charge in [0.1, 0.15) is 12.9 Å². The van der Waals surface area contributed by atoms with Crippen LogP contribution in [0.15, 0.2) is 6.33 Å². The summed E-state index contributed by atoms with van der Waals surface area (Å²) in [4.78, 5) is 14.1. The molecule has 0 spiro atoms. The minimum absolute atomic E-state index is 0.0947. The number of nitrogens with one attached hydrogen (secondary N) is 1. The molecule has 1 atom stereocenters. The van der Waals surface area contributed by atoms with Crippen LogP contribution in [0.1, 0.15) is 19.3 Å². The number of nitrogens with zero attached hydrogens (tertiary/aromatic N) is 5. The molecule has 1 amide bonds. The van der Waals surface area contributed by atoms with Crippen molar-refractivity contribution < 1.29 is 4.79 Å². The van der Waals surface area contributed by atoms with Crippen LogP contribution in [0.4, 0.5) is 0 Å². The van der Waals surface area contributed by atoms with Gasteiger partial charge >= 0.3 is 0 Å². The molecule has 94 valence electrons. The van der Waals surface area contributed by atoms with Gasteiger partial charge in [0.2, 0.25) is 5.91 Å². The maximum absolute atomic E-state index is 12.1. The number of hydrogen-bond donors (Lipinski definition) is 1. The molecule has 2 rings (SSSR count). The van der Waals surface area contributed by atoms with Gasteiger partial charge in [0.15, 0.2) is 0 Å². The first-order valence-corrected chi connectivity index (χ1v) is 5.96. The Bertz CT molecular complexity index is 350. The van der Waals surface area contributed by atoms with Crippen LogP contribution >= 0.6 is 0 Å². The molecule has 1 aliphatic rings. The summed E-state index contributed by atoms with van der Waals surface area (Å²) in [7, 11) is 1.92. The van der Waals surface area contributed by atoms with E-state index < -0.39 is 0 Å². The molecule has 0 saturated carbocycles. The molecule has 0 aliphatic carbocycles. The van der Waals surface area contributed by atoms with Crippen molar-refractivity contribution >= 4 is 5.91 Å². The molecule has 17 heavy (non-hydrogen) atoms. The number of likely N-dealkylation sites (tertiary alicyclic amines) is 1. The van der Waals surface area contributed by atoms with E-state index in [0.29, 0.717) is 6.04 Å². The number of aromatic nitrogens is 4. The predicted molar refractivity (Wildman–Crippen MR) is 61.1 cm³/mol. The van der Waals surface area contributed by atoms with E-state index in [1.807, 2.05) is 11.9 Å². The fourth-order valence-electron chi connectivity index (χ4n) is 2.26. The molecule has 7 heteroatoms. The zero-order valence-corrected chi connectivity index (χ0v) is 10.0. The molecule has 1 aliphatic heterocycles. The lowest BCUT2D eigenvalue weighted by Crippen LogP contribution is -2.49.